The molecule has 94 valence electrons. The second-order valence-corrected chi connectivity index (χ2v) is 5.10. The molecule has 0 aliphatic heterocycles. The zero-order chi connectivity index (χ0) is 13.1. The van der Waals surface area contributed by atoms with Gasteiger partial charge in [0, 0.05) is 0 Å². The molecule has 1 nitrogen and oxygen atoms in total. The number of methoxy groups -OCH3 is 1. The average Bonchev–Trinajstić information content (AvgIpc) is 2.41. The quantitative estimate of drug-likeness (QED) is 0.726. The van der Waals surface area contributed by atoms with Crippen molar-refractivity contribution in [2.24, 2.45) is 0 Å². The van der Waals surface area contributed by atoms with E-state index in [-0.39, 0.29) is 11.2 Å². The molecule has 0 aliphatic rings. The van der Waals surface area contributed by atoms with E-state index in [1.165, 1.54) is 6.07 Å². The van der Waals surface area contributed by atoms with Gasteiger partial charge in [0.25, 0.3) is 0 Å². The summed E-state index contributed by atoms with van der Waals surface area (Å²) in [6, 6.07) is 12.3. The Bertz CT molecular complexity index is 542. The maximum Gasteiger partial charge on any atom is 0.137 e. The van der Waals surface area contributed by atoms with Gasteiger partial charge in [-0.05, 0) is 51.3 Å². The molecule has 0 spiro atoms. The molecule has 18 heavy (non-hydrogen) atoms. The third kappa shape index (κ3) is 2.85. The number of halogens is 3. The second-order valence-electron chi connectivity index (χ2n) is 3.81. The van der Waals surface area contributed by atoms with Crippen LogP contribution >= 0.6 is 27.5 Å². The van der Waals surface area contributed by atoms with Crippen molar-refractivity contribution in [3.05, 3.63) is 63.9 Å². The Balaban J connectivity index is 2.28. The first-order valence-corrected chi connectivity index (χ1v) is 6.57. The third-order valence-electron chi connectivity index (χ3n) is 2.64. The SMILES string of the molecule is COc1ccc(C(Cl)c2ccc(F)c(Br)c2)cc1. The Morgan fingerprint density at radius 1 is 1.11 bits per heavy atom. The van der Waals surface area contributed by atoms with E-state index in [9.17, 15) is 4.39 Å². The molecule has 0 aromatic heterocycles. The lowest BCUT2D eigenvalue weighted by Gasteiger charge is -2.11. The van der Waals surface area contributed by atoms with Gasteiger partial charge in [0.2, 0.25) is 0 Å². The molecule has 1 unspecified atom stereocenters. The first-order chi connectivity index (χ1) is 8.61. The third-order valence-corrected chi connectivity index (χ3v) is 3.76. The Kier molecular flexibility index (Phi) is 4.25. The van der Waals surface area contributed by atoms with Gasteiger partial charge in [0.1, 0.15) is 11.6 Å². The second kappa shape index (κ2) is 5.72. The molecule has 0 aliphatic carbocycles. The normalized spacial score (nSPS) is 12.2. The van der Waals surface area contributed by atoms with Crippen LogP contribution in [0.4, 0.5) is 4.39 Å². The van der Waals surface area contributed by atoms with Gasteiger partial charge in [0.15, 0.2) is 0 Å². The monoisotopic (exact) mass is 328 g/mol. The van der Waals surface area contributed by atoms with E-state index in [2.05, 4.69) is 15.9 Å². The van der Waals surface area contributed by atoms with Crippen molar-refractivity contribution in [2.75, 3.05) is 7.11 Å². The van der Waals surface area contributed by atoms with E-state index >= 15 is 0 Å². The van der Waals surface area contributed by atoms with Crippen LogP contribution in [0.1, 0.15) is 16.5 Å². The molecule has 2 rings (SSSR count). The predicted molar refractivity (Wildman–Crippen MR) is 74.8 cm³/mol. The van der Waals surface area contributed by atoms with Crippen LogP contribution in [0.15, 0.2) is 46.9 Å². The lowest BCUT2D eigenvalue weighted by atomic mass is 10.0. The highest BCUT2D eigenvalue weighted by Gasteiger charge is 2.12. The van der Waals surface area contributed by atoms with Crippen molar-refractivity contribution in [3.8, 4) is 5.75 Å². The molecular weight excluding hydrogens is 319 g/mol. The van der Waals surface area contributed by atoms with Gasteiger partial charge in [-0.2, -0.15) is 0 Å². The summed E-state index contributed by atoms with van der Waals surface area (Å²) in [6.07, 6.45) is 0. The molecule has 0 fully saturated rings. The molecule has 0 bridgehead atoms. The summed E-state index contributed by atoms with van der Waals surface area (Å²) >= 11 is 9.52. The van der Waals surface area contributed by atoms with Gasteiger partial charge in [-0.15, -0.1) is 11.6 Å². The van der Waals surface area contributed by atoms with Gasteiger partial charge >= 0.3 is 0 Å². The molecular formula is C14H11BrClFO. The molecule has 0 saturated carbocycles. The topological polar surface area (TPSA) is 9.23 Å². The van der Waals surface area contributed by atoms with Crippen LogP contribution in [-0.2, 0) is 0 Å². The lowest BCUT2D eigenvalue weighted by Crippen LogP contribution is -1.94. The van der Waals surface area contributed by atoms with Gasteiger partial charge in [0.05, 0.1) is 17.0 Å². The standard InChI is InChI=1S/C14H11BrClFO/c1-18-11-5-2-9(3-6-11)14(16)10-4-7-13(17)12(15)8-10/h2-8,14H,1H3. The van der Waals surface area contributed by atoms with Gasteiger partial charge in [-0.1, -0.05) is 18.2 Å². The fourth-order valence-corrected chi connectivity index (χ4v) is 2.31. The summed E-state index contributed by atoms with van der Waals surface area (Å²) in [5, 5.41) is -0.312. The highest BCUT2D eigenvalue weighted by Crippen LogP contribution is 2.31. The first-order valence-electron chi connectivity index (χ1n) is 5.35. The molecule has 2 aromatic carbocycles. The highest BCUT2D eigenvalue weighted by atomic mass is 79.9. The van der Waals surface area contributed by atoms with Gasteiger partial charge in [-0.3, -0.25) is 0 Å². The van der Waals surface area contributed by atoms with Crippen molar-refractivity contribution in [1.82, 2.24) is 0 Å². The Labute approximate surface area is 119 Å². The minimum Gasteiger partial charge on any atom is -0.497 e. The molecule has 1 atom stereocenters. The Morgan fingerprint density at radius 2 is 1.72 bits per heavy atom. The largest absolute Gasteiger partial charge is 0.497 e. The Hall–Kier alpha value is -1.06. The molecule has 2 aromatic rings. The summed E-state index contributed by atoms with van der Waals surface area (Å²) in [5.74, 6) is 0.486. The van der Waals surface area contributed by atoms with Crippen LogP contribution < -0.4 is 4.74 Å². The van der Waals surface area contributed by atoms with Crippen molar-refractivity contribution >= 4 is 27.5 Å². The molecule has 0 radical (unpaired) electrons. The maximum absolute atomic E-state index is 13.2. The molecule has 0 saturated heterocycles. The van der Waals surface area contributed by atoms with Gasteiger partial charge < -0.3 is 4.74 Å². The zero-order valence-corrected chi connectivity index (χ0v) is 12.0. The highest BCUT2D eigenvalue weighted by molar-refractivity contribution is 9.10. The van der Waals surface area contributed by atoms with Crippen LogP contribution in [0.25, 0.3) is 0 Å². The first kappa shape index (κ1) is 13.4. The average molecular weight is 330 g/mol. The maximum atomic E-state index is 13.2. The van der Waals surface area contributed by atoms with Crippen LogP contribution in [0.5, 0.6) is 5.75 Å². The van der Waals surface area contributed by atoms with Crippen molar-refractivity contribution in [3.63, 3.8) is 0 Å². The number of hydrogen-bond donors (Lipinski definition) is 0. The van der Waals surface area contributed by atoms with E-state index < -0.39 is 0 Å². The minimum atomic E-state index is -0.312. The number of alkyl halides is 1. The Morgan fingerprint density at radius 3 is 2.28 bits per heavy atom. The summed E-state index contributed by atoms with van der Waals surface area (Å²) in [6.45, 7) is 0. The fourth-order valence-electron chi connectivity index (χ4n) is 1.64. The lowest BCUT2D eigenvalue weighted by molar-refractivity contribution is 0.414. The molecule has 0 amide bonds. The number of benzene rings is 2. The van der Waals surface area contributed by atoms with Crippen molar-refractivity contribution in [2.45, 2.75) is 5.38 Å². The molecule has 0 heterocycles. The van der Waals surface area contributed by atoms with E-state index in [1.54, 1.807) is 19.2 Å². The zero-order valence-electron chi connectivity index (χ0n) is 9.66. The number of rotatable bonds is 3. The van der Waals surface area contributed by atoms with E-state index in [0.29, 0.717) is 4.47 Å². The van der Waals surface area contributed by atoms with Gasteiger partial charge in [-0.25, -0.2) is 4.39 Å². The minimum absolute atomic E-state index is 0.294. The summed E-state index contributed by atoms with van der Waals surface area (Å²) in [5.41, 5.74) is 1.78. The molecule has 4 heteroatoms. The fraction of sp³-hybridized carbons (Fsp3) is 0.143. The van der Waals surface area contributed by atoms with Crippen LogP contribution in [0.2, 0.25) is 0 Å². The number of ether oxygens (including phenoxy) is 1. The summed E-state index contributed by atoms with van der Waals surface area (Å²) in [7, 11) is 1.62. The molecule has 0 N–H and O–H groups in total. The van der Waals surface area contributed by atoms with Crippen molar-refractivity contribution in [1.29, 1.82) is 0 Å². The summed E-state index contributed by atoms with van der Waals surface area (Å²) < 4.78 is 18.7. The van der Waals surface area contributed by atoms with Crippen molar-refractivity contribution < 1.29 is 9.13 Å². The smallest absolute Gasteiger partial charge is 0.137 e. The van der Waals surface area contributed by atoms with Crippen LogP contribution in [0.3, 0.4) is 0 Å². The number of hydrogen-bond acceptors (Lipinski definition) is 1. The van der Waals surface area contributed by atoms with Crippen LogP contribution in [0, 0.1) is 5.82 Å². The summed E-state index contributed by atoms with van der Waals surface area (Å²) in [4.78, 5) is 0. The van der Waals surface area contributed by atoms with E-state index in [4.69, 9.17) is 16.3 Å². The van der Waals surface area contributed by atoms with Crippen LogP contribution in [-0.4, -0.2) is 7.11 Å². The van der Waals surface area contributed by atoms with E-state index in [0.717, 1.165) is 16.9 Å². The predicted octanol–water partition coefficient (Wildman–Crippen LogP) is 4.93. The van der Waals surface area contributed by atoms with E-state index in [1.807, 2.05) is 24.3 Å².